The Morgan fingerprint density at radius 2 is 1.95 bits per heavy atom. The lowest BCUT2D eigenvalue weighted by molar-refractivity contribution is 0.270. The standard InChI is InChI=1S/C16H24FN3/c1-2-19-8-10-20(11-9-19)16-13(4-3-5-15(16)17)12-18-14-6-7-14/h3-5,14,18H,2,6-12H2,1H3. The molecular weight excluding hydrogens is 253 g/mol. The average Bonchev–Trinajstić information content (AvgIpc) is 3.30. The van der Waals surface area contributed by atoms with Gasteiger partial charge in [-0.25, -0.2) is 4.39 Å². The molecule has 0 atom stereocenters. The Hall–Kier alpha value is -1.13. The minimum atomic E-state index is -0.0787. The van der Waals surface area contributed by atoms with Crippen molar-refractivity contribution in [3.63, 3.8) is 0 Å². The van der Waals surface area contributed by atoms with Crippen LogP contribution in [-0.4, -0.2) is 43.7 Å². The van der Waals surface area contributed by atoms with Gasteiger partial charge in [-0.05, 0) is 31.0 Å². The minimum Gasteiger partial charge on any atom is -0.366 e. The molecule has 1 aromatic rings. The Labute approximate surface area is 120 Å². The van der Waals surface area contributed by atoms with Crippen molar-refractivity contribution in [2.45, 2.75) is 32.4 Å². The van der Waals surface area contributed by atoms with Gasteiger partial charge in [-0.1, -0.05) is 19.1 Å². The third kappa shape index (κ3) is 3.13. The normalized spacial score (nSPS) is 20.4. The van der Waals surface area contributed by atoms with E-state index >= 15 is 0 Å². The summed E-state index contributed by atoms with van der Waals surface area (Å²) in [6, 6.07) is 6.12. The summed E-state index contributed by atoms with van der Waals surface area (Å²) in [4.78, 5) is 4.63. The zero-order valence-corrected chi connectivity index (χ0v) is 12.2. The number of nitrogens with one attached hydrogen (secondary N) is 1. The van der Waals surface area contributed by atoms with Gasteiger partial charge < -0.3 is 15.1 Å². The van der Waals surface area contributed by atoms with Crippen molar-refractivity contribution in [3.8, 4) is 0 Å². The summed E-state index contributed by atoms with van der Waals surface area (Å²) in [5.41, 5.74) is 1.92. The maximum Gasteiger partial charge on any atom is 0.146 e. The van der Waals surface area contributed by atoms with Crippen LogP contribution >= 0.6 is 0 Å². The van der Waals surface area contributed by atoms with E-state index in [4.69, 9.17) is 0 Å². The zero-order chi connectivity index (χ0) is 13.9. The van der Waals surface area contributed by atoms with E-state index in [2.05, 4.69) is 28.1 Å². The van der Waals surface area contributed by atoms with Gasteiger partial charge in [0.05, 0.1) is 5.69 Å². The Bertz CT molecular complexity index is 451. The Kier molecular flexibility index (Phi) is 4.22. The Balaban J connectivity index is 1.73. The number of anilines is 1. The predicted octanol–water partition coefficient (Wildman–Crippen LogP) is 2.22. The molecule has 1 aliphatic heterocycles. The van der Waals surface area contributed by atoms with E-state index in [1.807, 2.05) is 6.07 Å². The van der Waals surface area contributed by atoms with Crippen molar-refractivity contribution in [1.82, 2.24) is 10.2 Å². The van der Waals surface area contributed by atoms with Gasteiger partial charge in [-0.3, -0.25) is 0 Å². The van der Waals surface area contributed by atoms with Crippen molar-refractivity contribution in [3.05, 3.63) is 29.6 Å². The Morgan fingerprint density at radius 1 is 1.20 bits per heavy atom. The largest absolute Gasteiger partial charge is 0.366 e. The minimum absolute atomic E-state index is 0.0787. The number of para-hydroxylation sites is 1. The molecule has 2 fully saturated rings. The SMILES string of the molecule is CCN1CCN(c2c(F)cccc2CNC2CC2)CC1. The number of rotatable bonds is 5. The summed E-state index contributed by atoms with van der Waals surface area (Å²) >= 11 is 0. The van der Waals surface area contributed by atoms with Crippen LogP contribution in [0.4, 0.5) is 10.1 Å². The highest BCUT2D eigenvalue weighted by atomic mass is 19.1. The van der Waals surface area contributed by atoms with E-state index in [0.29, 0.717) is 6.04 Å². The van der Waals surface area contributed by atoms with Gasteiger partial charge in [0.25, 0.3) is 0 Å². The van der Waals surface area contributed by atoms with E-state index < -0.39 is 0 Å². The molecule has 20 heavy (non-hydrogen) atoms. The fourth-order valence-corrected chi connectivity index (χ4v) is 2.89. The summed E-state index contributed by atoms with van der Waals surface area (Å²) in [6.07, 6.45) is 2.53. The van der Waals surface area contributed by atoms with Crippen LogP contribution in [0.5, 0.6) is 0 Å². The molecule has 0 amide bonds. The predicted molar refractivity (Wildman–Crippen MR) is 80.6 cm³/mol. The van der Waals surface area contributed by atoms with Crippen LogP contribution in [-0.2, 0) is 6.54 Å². The smallest absolute Gasteiger partial charge is 0.146 e. The first-order valence-electron chi connectivity index (χ1n) is 7.76. The third-order valence-electron chi connectivity index (χ3n) is 4.36. The molecule has 1 aliphatic carbocycles. The summed E-state index contributed by atoms with van der Waals surface area (Å²) in [6.45, 7) is 7.95. The lowest BCUT2D eigenvalue weighted by atomic mass is 10.1. The van der Waals surface area contributed by atoms with Crippen molar-refractivity contribution >= 4 is 5.69 Å². The molecule has 0 aromatic heterocycles. The average molecular weight is 277 g/mol. The van der Waals surface area contributed by atoms with E-state index in [-0.39, 0.29) is 5.82 Å². The molecule has 1 saturated carbocycles. The van der Waals surface area contributed by atoms with E-state index in [1.165, 1.54) is 12.8 Å². The van der Waals surface area contributed by atoms with Crippen LogP contribution in [0.2, 0.25) is 0 Å². The fraction of sp³-hybridized carbons (Fsp3) is 0.625. The first-order chi connectivity index (χ1) is 9.78. The van der Waals surface area contributed by atoms with Gasteiger partial charge in [-0.15, -0.1) is 0 Å². The number of likely N-dealkylation sites (N-methyl/N-ethyl adjacent to an activating group) is 1. The lowest BCUT2D eigenvalue weighted by Crippen LogP contribution is -2.46. The number of nitrogens with zero attached hydrogens (tertiary/aromatic N) is 2. The third-order valence-corrected chi connectivity index (χ3v) is 4.36. The van der Waals surface area contributed by atoms with Gasteiger partial charge in [0, 0.05) is 38.8 Å². The molecule has 110 valence electrons. The molecule has 2 aliphatic rings. The van der Waals surface area contributed by atoms with Gasteiger partial charge >= 0.3 is 0 Å². The van der Waals surface area contributed by atoms with E-state index in [1.54, 1.807) is 6.07 Å². The first-order valence-corrected chi connectivity index (χ1v) is 7.76. The van der Waals surface area contributed by atoms with Crippen LogP contribution in [0.15, 0.2) is 18.2 Å². The molecule has 3 rings (SSSR count). The second-order valence-corrected chi connectivity index (χ2v) is 5.82. The van der Waals surface area contributed by atoms with Crippen molar-refractivity contribution in [2.24, 2.45) is 0 Å². The molecule has 0 bridgehead atoms. The van der Waals surface area contributed by atoms with Crippen LogP contribution in [0.1, 0.15) is 25.3 Å². The molecule has 0 radical (unpaired) electrons. The highest BCUT2D eigenvalue weighted by Crippen LogP contribution is 2.27. The summed E-state index contributed by atoms with van der Waals surface area (Å²) in [7, 11) is 0. The number of halogens is 1. The number of piperazine rings is 1. The van der Waals surface area contributed by atoms with Gasteiger partial charge in [0.15, 0.2) is 0 Å². The maximum absolute atomic E-state index is 14.3. The molecule has 1 saturated heterocycles. The fourth-order valence-electron chi connectivity index (χ4n) is 2.89. The second kappa shape index (κ2) is 6.10. The first kappa shape index (κ1) is 13.8. The maximum atomic E-state index is 14.3. The quantitative estimate of drug-likeness (QED) is 0.890. The highest BCUT2D eigenvalue weighted by Gasteiger charge is 2.23. The second-order valence-electron chi connectivity index (χ2n) is 5.82. The van der Waals surface area contributed by atoms with E-state index in [9.17, 15) is 4.39 Å². The molecule has 1 heterocycles. The highest BCUT2D eigenvalue weighted by molar-refractivity contribution is 5.55. The lowest BCUT2D eigenvalue weighted by Gasteiger charge is -2.36. The molecule has 1 aromatic carbocycles. The van der Waals surface area contributed by atoms with Crippen molar-refractivity contribution < 1.29 is 4.39 Å². The molecular formula is C16H24FN3. The van der Waals surface area contributed by atoms with Gasteiger partial charge in [0.2, 0.25) is 0 Å². The topological polar surface area (TPSA) is 18.5 Å². The van der Waals surface area contributed by atoms with Gasteiger partial charge in [-0.2, -0.15) is 0 Å². The summed E-state index contributed by atoms with van der Waals surface area (Å²) in [5.74, 6) is -0.0787. The monoisotopic (exact) mass is 277 g/mol. The van der Waals surface area contributed by atoms with Crippen molar-refractivity contribution in [1.29, 1.82) is 0 Å². The van der Waals surface area contributed by atoms with Crippen LogP contribution in [0, 0.1) is 5.82 Å². The summed E-state index contributed by atoms with van der Waals surface area (Å²) < 4.78 is 14.3. The van der Waals surface area contributed by atoms with Crippen LogP contribution < -0.4 is 10.2 Å². The molecule has 1 N–H and O–H groups in total. The number of hydrogen-bond donors (Lipinski definition) is 1. The molecule has 0 spiro atoms. The number of benzene rings is 1. The molecule has 4 heteroatoms. The van der Waals surface area contributed by atoms with Crippen molar-refractivity contribution in [2.75, 3.05) is 37.6 Å². The summed E-state index contributed by atoms with van der Waals surface area (Å²) in [5, 5.41) is 3.50. The molecule has 0 unspecified atom stereocenters. The van der Waals surface area contributed by atoms with Crippen LogP contribution in [0.3, 0.4) is 0 Å². The van der Waals surface area contributed by atoms with Crippen LogP contribution in [0.25, 0.3) is 0 Å². The Morgan fingerprint density at radius 3 is 2.60 bits per heavy atom. The number of hydrogen-bond acceptors (Lipinski definition) is 3. The van der Waals surface area contributed by atoms with Gasteiger partial charge in [0.1, 0.15) is 5.82 Å². The molecule has 3 nitrogen and oxygen atoms in total. The zero-order valence-electron chi connectivity index (χ0n) is 12.2. The van der Waals surface area contributed by atoms with E-state index in [0.717, 1.165) is 50.5 Å².